The fourth-order valence-corrected chi connectivity index (χ4v) is 3.43. The van der Waals surface area contributed by atoms with Crippen molar-refractivity contribution in [3.05, 3.63) is 12.2 Å². The topological polar surface area (TPSA) is 17.1 Å². The van der Waals surface area contributed by atoms with Crippen LogP contribution in [0.3, 0.4) is 0 Å². The maximum Gasteiger partial charge on any atom is 0.247 e. The molecule has 0 aromatic carbocycles. The van der Waals surface area contributed by atoms with Gasteiger partial charge >= 0.3 is 0 Å². The molecule has 0 aliphatic heterocycles. The zero-order chi connectivity index (χ0) is 18.6. The molecule has 0 rings (SSSR count). The minimum atomic E-state index is -0.369. The quantitative estimate of drug-likeness (QED) is 0.119. The summed E-state index contributed by atoms with van der Waals surface area (Å²) in [6, 6.07) is 0. The van der Waals surface area contributed by atoms with Gasteiger partial charge in [-0.2, -0.15) is 0 Å². The smallest absolute Gasteiger partial charge is 0.247 e. The molecule has 0 saturated carbocycles. The number of hydrogen-bond acceptors (Lipinski definition) is 1. The predicted octanol–water partition coefficient (Wildman–Crippen LogP) is 8.74. The SMILES string of the molecule is C=C(CCCCCCCCCCCCCCCCCCCC)C(=O)Cl. The molecule has 0 atom stereocenters. The fraction of sp³-hybridized carbons (Fsp3) is 0.870. The van der Waals surface area contributed by atoms with E-state index >= 15 is 0 Å². The Bertz CT molecular complexity index is 311. The van der Waals surface area contributed by atoms with Crippen molar-refractivity contribution >= 4 is 16.8 Å². The van der Waals surface area contributed by atoms with Gasteiger partial charge in [0.05, 0.1) is 0 Å². The van der Waals surface area contributed by atoms with E-state index in [0.717, 1.165) is 12.8 Å². The van der Waals surface area contributed by atoms with Crippen LogP contribution in [-0.4, -0.2) is 5.24 Å². The molecule has 25 heavy (non-hydrogen) atoms. The molecule has 0 N–H and O–H groups in total. The van der Waals surface area contributed by atoms with Gasteiger partial charge in [0.2, 0.25) is 5.24 Å². The van der Waals surface area contributed by atoms with Crippen LogP contribution in [0.15, 0.2) is 12.2 Å². The molecule has 0 aromatic heterocycles. The first-order chi connectivity index (χ1) is 12.2. The van der Waals surface area contributed by atoms with Crippen molar-refractivity contribution in [2.24, 2.45) is 0 Å². The predicted molar refractivity (Wildman–Crippen MR) is 113 cm³/mol. The van der Waals surface area contributed by atoms with Gasteiger partial charge in [-0.1, -0.05) is 123 Å². The van der Waals surface area contributed by atoms with Crippen LogP contribution in [0.4, 0.5) is 0 Å². The van der Waals surface area contributed by atoms with Gasteiger partial charge in [-0.3, -0.25) is 4.79 Å². The number of allylic oxidation sites excluding steroid dienone is 1. The zero-order valence-electron chi connectivity index (χ0n) is 16.9. The van der Waals surface area contributed by atoms with Gasteiger partial charge in [-0.25, -0.2) is 0 Å². The first-order valence-corrected chi connectivity index (χ1v) is 11.4. The fourth-order valence-electron chi connectivity index (χ4n) is 3.34. The highest BCUT2D eigenvalue weighted by atomic mass is 35.5. The van der Waals surface area contributed by atoms with Gasteiger partial charge in [-0.05, 0) is 24.4 Å². The minimum Gasteiger partial charge on any atom is -0.276 e. The van der Waals surface area contributed by atoms with Crippen molar-refractivity contribution < 1.29 is 4.79 Å². The van der Waals surface area contributed by atoms with Gasteiger partial charge < -0.3 is 0 Å². The third-order valence-corrected chi connectivity index (χ3v) is 5.38. The van der Waals surface area contributed by atoms with Crippen LogP contribution in [-0.2, 0) is 4.79 Å². The van der Waals surface area contributed by atoms with E-state index < -0.39 is 0 Å². The number of carbonyl (C=O) groups excluding carboxylic acids is 1. The lowest BCUT2D eigenvalue weighted by atomic mass is 10.0. The second-order valence-electron chi connectivity index (χ2n) is 7.64. The molecular weight excluding hydrogens is 328 g/mol. The van der Waals surface area contributed by atoms with E-state index in [1.807, 2.05) is 0 Å². The lowest BCUT2D eigenvalue weighted by molar-refractivity contribution is -0.108. The maximum atomic E-state index is 10.8. The molecule has 2 heteroatoms. The number of hydrogen-bond donors (Lipinski definition) is 0. The number of rotatable bonds is 20. The number of unbranched alkanes of at least 4 members (excludes halogenated alkanes) is 17. The highest BCUT2D eigenvalue weighted by Crippen LogP contribution is 2.15. The number of carbonyl (C=O) groups is 1. The minimum absolute atomic E-state index is 0.369. The van der Waals surface area contributed by atoms with Gasteiger partial charge in [0.25, 0.3) is 0 Å². The molecule has 0 spiro atoms. The highest BCUT2D eigenvalue weighted by Gasteiger charge is 2.01. The van der Waals surface area contributed by atoms with E-state index in [4.69, 9.17) is 11.6 Å². The normalized spacial score (nSPS) is 11.0. The van der Waals surface area contributed by atoms with E-state index in [2.05, 4.69) is 13.5 Å². The Balaban J connectivity index is 3.05. The summed E-state index contributed by atoms with van der Waals surface area (Å²) in [6.07, 6.45) is 25.6. The van der Waals surface area contributed by atoms with Gasteiger partial charge in [0.15, 0.2) is 0 Å². The third-order valence-electron chi connectivity index (χ3n) is 5.11. The average Bonchev–Trinajstić information content (AvgIpc) is 2.60. The Labute approximate surface area is 163 Å². The largest absolute Gasteiger partial charge is 0.276 e. The average molecular weight is 371 g/mol. The van der Waals surface area contributed by atoms with Crippen LogP contribution >= 0.6 is 11.6 Å². The summed E-state index contributed by atoms with van der Waals surface area (Å²) >= 11 is 5.37. The summed E-state index contributed by atoms with van der Waals surface area (Å²) in [5, 5.41) is -0.369. The Morgan fingerprint density at radius 2 is 0.880 bits per heavy atom. The number of halogens is 1. The summed E-state index contributed by atoms with van der Waals surface area (Å²) in [6.45, 7) is 5.97. The van der Waals surface area contributed by atoms with E-state index in [9.17, 15) is 4.79 Å². The molecular formula is C23H43ClO. The molecule has 1 nitrogen and oxygen atoms in total. The van der Waals surface area contributed by atoms with Gasteiger partial charge in [-0.15, -0.1) is 0 Å². The van der Waals surface area contributed by atoms with Crippen molar-refractivity contribution in [1.82, 2.24) is 0 Å². The zero-order valence-corrected chi connectivity index (χ0v) is 17.7. The molecule has 0 aliphatic carbocycles. The van der Waals surface area contributed by atoms with E-state index in [0.29, 0.717) is 5.57 Å². The molecule has 0 saturated heterocycles. The van der Waals surface area contributed by atoms with Gasteiger partial charge in [0.1, 0.15) is 0 Å². The Morgan fingerprint density at radius 3 is 1.16 bits per heavy atom. The van der Waals surface area contributed by atoms with Crippen LogP contribution in [0.2, 0.25) is 0 Å². The third kappa shape index (κ3) is 19.9. The summed E-state index contributed by atoms with van der Waals surface area (Å²) in [5.74, 6) is 0. The first kappa shape index (κ1) is 24.7. The summed E-state index contributed by atoms with van der Waals surface area (Å²) < 4.78 is 0. The van der Waals surface area contributed by atoms with Crippen molar-refractivity contribution in [2.45, 2.75) is 129 Å². The molecule has 0 bridgehead atoms. The Hall–Kier alpha value is -0.300. The van der Waals surface area contributed by atoms with Crippen LogP contribution in [0.25, 0.3) is 0 Å². The second kappa shape index (κ2) is 20.0. The Kier molecular flexibility index (Phi) is 19.8. The molecule has 0 radical (unpaired) electrons. The standard InChI is InChI=1S/C23H43ClO/c1-3-4-5-6-7-8-9-10-11-12-13-14-15-16-17-18-19-20-21-22(2)23(24)25/h2-21H2,1H3. The van der Waals surface area contributed by atoms with Crippen LogP contribution < -0.4 is 0 Å². The molecule has 0 aromatic rings. The van der Waals surface area contributed by atoms with Crippen LogP contribution in [0, 0.1) is 0 Å². The molecule has 0 amide bonds. The first-order valence-electron chi connectivity index (χ1n) is 11.1. The van der Waals surface area contributed by atoms with E-state index in [1.165, 1.54) is 109 Å². The van der Waals surface area contributed by atoms with Crippen molar-refractivity contribution in [3.8, 4) is 0 Å². The van der Waals surface area contributed by atoms with Crippen LogP contribution in [0.1, 0.15) is 129 Å². The van der Waals surface area contributed by atoms with Gasteiger partial charge in [0, 0.05) is 5.57 Å². The molecule has 0 fully saturated rings. The van der Waals surface area contributed by atoms with Crippen LogP contribution in [0.5, 0.6) is 0 Å². The lowest BCUT2D eigenvalue weighted by Gasteiger charge is -2.04. The van der Waals surface area contributed by atoms with Crippen molar-refractivity contribution in [1.29, 1.82) is 0 Å². The van der Waals surface area contributed by atoms with Crippen molar-refractivity contribution in [2.75, 3.05) is 0 Å². The summed E-state index contributed by atoms with van der Waals surface area (Å²) in [4.78, 5) is 10.8. The maximum absolute atomic E-state index is 10.8. The van der Waals surface area contributed by atoms with Crippen molar-refractivity contribution in [3.63, 3.8) is 0 Å². The summed E-state index contributed by atoms with van der Waals surface area (Å²) in [5.41, 5.74) is 0.568. The lowest BCUT2D eigenvalue weighted by Crippen LogP contribution is -1.91. The second-order valence-corrected chi connectivity index (χ2v) is 7.98. The van der Waals surface area contributed by atoms with E-state index in [1.54, 1.807) is 0 Å². The molecule has 0 aliphatic rings. The summed E-state index contributed by atoms with van der Waals surface area (Å²) in [7, 11) is 0. The molecule has 148 valence electrons. The highest BCUT2D eigenvalue weighted by molar-refractivity contribution is 6.67. The molecule has 0 unspecified atom stereocenters. The monoisotopic (exact) mass is 370 g/mol. The molecule has 0 heterocycles. The van der Waals surface area contributed by atoms with E-state index in [-0.39, 0.29) is 5.24 Å². The Morgan fingerprint density at radius 1 is 0.600 bits per heavy atom.